The van der Waals surface area contributed by atoms with Gasteiger partial charge in [-0.25, -0.2) is 0 Å². The summed E-state index contributed by atoms with van der Waals surface area (Å²) in [6, 6.07) is 9.01. The standard InChI is InChI=1S/C15H23NO/c1-12-6-3-4-9-15(12)16-11-13-7-5-8-14(10-13)17-2/h5,7-8,10,12,15-16H,3-4,6,9,11H2,1-2H3/t12-,15+/m0/s1. The van der Waals surface area contributed by atoms with Crippen molar-refractivity contribution < 1.29 is 4.74 Å². The van der Waals surface area contributed by atoms with Crippen molar-refractivity contribution >= 4 is 0 Å². The summed E-state index contributed by atoms with van der Waals surface area (Å²) in [4.78, 5) is 0. The molecule has 0 unspecified atom stereocenters. The van der Waals surface area contributed by atoms with Crippen LogP contribution in [0.25, 0.3) is 0 Å². The van der Waals surface area contributed by atoms with E-state index in [4.69, 9.17) is 4.74 Å². The lowest BCUT2D eigenvalue weighted by molar-refractivity contribution is 0.279. The molecule has 17 heavy (non-hydrogen) atoms. The van der Waals surface area contributed by atoms with Crippen LogP contribution in [0.1, 0.15) is 38.2 Å². The molecule has 1 aliphatic carbocycles. The Morgan fingerprint density at radius 3 is 2.88 bits per heavy atom. The predicted molar refractivity (Wildman–Crippen MR) is 71.3 cm³/mol. The van der Waals surface area contributed by atoms with Crippen LogP contribution in [-0.4, -0.2) is 13.2 Å². The van der Waals surface area contributed by atoms with Crippen molar-refractivity contribution in [2.24, 2.45) is 5.92 Å². The summed E-state index contributed by atoms with van der Waals surface area (Å²) in [5, 5.41) is 3.68. The molecule has 2 nitrogen and oxygen atoms in total. The number of methoxy groups -OCH3 is 1. The van der Waals surface area contributed by atoms with Gasteiger partial charge in [0.1, 0.15) is 5.75 Å². The Kier molecular flexibility index (Phi) is 4.43. The topological polar surface area (TPSA) is 21.3 Å². The minimum atomic E-state index is 0.690. The summed E-state index contributed by atoms with van der Waals surface area (Å²) in [5.74, 6) is 1.76. The fraction of sp³-hybridized carbons (Fsp3) is 0.600. The van der Waals surface area contributed by atoms with E-state index in [9.17, 15) is 0 Å². The molecule has 94 valence electrons. The normalized spacial score (nSPS) is 24.6. The van der Waals surface area contributed by atoms with E-state index in [0.717, 1.165) is 18.2 Å². The van der Waals surface area contributed by atoms with E-state index in [1.807, 2.05) is 6.07 Å². The molecule has 0 amide bonds. The van der Waals surface area contributed by atoms with Crippen LogP contribution in [0.5, 0.6) is 5.75 Å². The maximum Gasteiger partial charge on any atom is 0.119 e. The Morgan fingerprint density at radius 2 is 2.12 bits per heavy atom. The third kappa shape index (κ3) is 3.47. The van der Waals surface area contributed by atoms with Gasteiger partial charge in [-0.2, -0.15) is 0 Å². The molecule has 0 radical (unpaired) electrons. The highest BCUT2D eigenvalue weighted by atomic mass is 16.5. The third-order valence-corrected chi connectivity index (χ3v) is 3.81. The second-order valence-corrected chi connectivity index (χ2v) is 5.10. The van der Waals surface area contributed by atoms with Gasteiger partial charge in [-0.1, -0.05) is 31.9 Å². The van der Waals surface area contributed by atoms with Crippen molar-refractivity contribution in [1.29, 1.82) is 0 Å². The summed E-state index contributed by atoms with van der Waals surface area (Å²) < 4.78 is 5.24. The van der Waals surface area contributed by atoms with Crippen molar-refractivity contribution in [3.8, 4) is 5.75 Å². The van der Waals surface area contributed by atoms with E-state index in [0.29, 0.717) is 6.04 Å². The van der Waals surface area contributed by atoms with E-state index in [-0.39, 0.29) is 0 Å². The number of hydrogen-bond acceptors (Lipinski definition) is 2. The minimum absolute atomic E-state index is 0.690. The van der Waals surface area contributed by atoms with Crippen LogP contribution in [0.15, 0.2) is 24.3 Å². The third-order valence-electron chi connectivity index (χ3n) is 3.81. The second kappa shape index (κ2) is 6.06. The lowest BCUT2D eigenvalue weighted by atomic mass is 9.86. The molecular weight excluding hydrogens is 210 g/mol. The molecule has 2 heteroatoms. The molecule has 0 heterocycles. The number of ether oxygens (including phenoxy) is 1. The number of hydrogen-bond donors (Lipinski definition) is 1. The molecule has 2 atom stereocenters. The van der Waals surface area contributed by atoms with Gasteiger partial charge in [0.25, 0.3) is 0 Å². The van der Waals surface area contributed by atoms with Crippen LogP contribution in [0.2, 0.25) is 0 Å². The molecule has 0 spiro atoms. The van der Waals surface area contributed by atoms with Crippen LogP contribution in [0.3, 0.4) is 0 Å². The molecule has 1 aliphatic rings. The summed E-state index contributed by atoms with van der Waals surface area (Å²) in [6.07, 6.45) is 5.47. The largest absolute Gasteiger partial charge is 0.497 e. The van der Waals surface area contributed by atoms with Crippen LogP contribution in [0.4, 0.5) is 0 Å². The van der Waals surface area contributed by atoms with Crippen LogP contribution in [0, 0.1) is 5.92 Å². The highest BCUT2D eigenvalue weighted by molar-refractivity contribution is 5.28. The molecule has 1 aromatic carbocycles. The van der Waals surface area contributed by atoms with E-state index in [1.54, 1.807) is 7.11 Å². The Morgan fingerprint density at radius 1 is 1.29 bits per heavy atom. The molecule has 0 aliphatic heterocycles. The fourth-order valence-electron chi connectivity index (χ4n) is 2.65. The highest BCUT2D eigenvalue weighted by Gasteiger charge is 2.20. The van der Waals surface area contributed by atoms with Gasteiger partial charge in [0.15, 0.2) is 0 Å². The zero-order chi connectivity index (χ0) is 12.1. The molecule has 1 aromatic rings. The van der Waals surface area contributed by atoms with Gasteiger partial charge >= 0.3 is 0 Å². The summed E-state index contributed by atoms with van der Waals surface area (Å²) in [5.41, 5.74) is 1.31. The predicted octanol–water partition coefficient (Wildman–Crippen LogP) is 3.36. The first-order chi connectivity index (χ1) is 8.29. The Balaban J connectivity index is 1.88. The van der Waals surface area contributed by atoms with Crippen LogP contribution >= 0.6 is 0 Å². The summed E-state index contributed by atoms with van der Waals surface area (Å²) in [7, 11) is 1.72. The molecule has 1 fully saturated rings. The fourth-order valence-corrected chi connectivity index (χ4v) is 2.65. The maximum absolute atomic E-state index is 5.24. The SMILES string of the molecule is COc1cccc(CN[C@@H]2CCCC[C@@H]2C)c1. The van der Waals surface area contributed by atoms with Crippen molar-refractivity contribution in [2.75, 3.05) is 7.11 Å². The van der Waals surface area contributed by atoms with Gasteiger partial charge in [0.2, 0.25) is 0 Å². The monoisotopic (exact) mass is 233 g/mol. The van der Waals surface area contributed by atoms with E-state index in [1.165, 1.54) is 31.2 Å². The van der Waals surface area contributed by atoms with Gasteiger partial charge in [-0.15, -0.1) is 0 Å². The zero-order valence-electron chi connectivity index (χ0n) is 10.9. The maximum atomic E-state index is 5.24. The minimum Gasteiger partial charge on any atom is -0.497 e. The van der Waals surface area contributed by atoms with Crippen molar-refractivity contribution in [3.05, 3.63) is 29.8 Å². The van der Waals surface area contributed by atoms with Crippen molar-refractivity contribution in [3.63, 3.8) is 0 Å². The smallest absolute Gasteiger partial charge is 0.119 e. The van der Waals surface area contributed by atoms with Gasteiger partial charge in [0, 0.05) is 12.6 Å². The Bertz CT molecular complexity index is 351. The number of benzene rings is 1. The molecule has 2 rings (SSSR count). The Hall–Kier alpha value is -1.02. The lowest BCUT2D eigenvalue weighted by Gasteiger charge is -2.29. The van der Waals surface area contributed by atoms with Gasteiger partial charge in [0.05, 0.1) is 7.11 Å². The molecule has 1 saturated carbocycles. The number of nitrogens with one attached hydrogen (secondary N) is 1. The van der Waals surface area contributed by atoms with Gasteiger partial charge in [-0.3, -0.25) is 0 Å². The molecular formula is C15H23NO. The first-order valence-corrected chi connectivity index (χ1v) is 6.66. The average molecular weight is 233 g/mol. The van der Waals surface area contributed by atoms with Crippen LogP contribution in [-0.2, 0) is 6.54 Å². The first-order valence-electron chi connectivity index (χ1n) is 6.66. The second-order valence-electron chi connectivity index (χ2n) is 5.10. The van der Waals surface area contributed by atoms with E-state index in [2.05, 4.69) is 30.4 Å². The van der Waals surface area contributed by atoms with Crippen LogP contribution < -0.4 is 10.1 Å². The first kappa shape index (κ1) is 12.4. The lowest BCUT2D eigenvalue weighted by Crippen LogP contribution is -2.36. The van der Waals surface area contributed by atoms with E-state index >= 15 is 0 Å². The summed E-state index contributed by atoms with van der Waals surface area (Å²) >= 11 is 0. The Labute approximate surface area is 104 Å². The van der Waals surface area contributed by atoms with Gasteiger partial charge in [-0.05, 0) is 36.5 Å². The summed E-state index contributed by atoms with van der Waals surface area (Å²) in [6.45, 7) is 3.31. The van der Waals surface area contributed by atoms with Crippen molar-refractivity contribution in [2.45, 2.75) is 45.2 Å². The highest BCUT2D eigenvalue weighted by Crippen LogP contribution is 2.24. The average Bonchev–Trinajstić information content (AvgIpc) is 2.38. The van der Waals surface area contributed by atoms with E-state index < -0.39 is 0 Å². The molecule has 0 bridgehead atoms. The molecule has 1 N–H and O–H groups in total. The zero-order valence-corrected chi connectivity index (χ0v) is 10.9. The van der Waals surface area contributed by atoms with Gasteiger partial charge < -0.3 is 10.1 Å². The molecule has 0 saturated heterocycles. The van der Waals surface area contributed by atoms with Crippen molar-refractivity contribution in [1.82, 2.24) is 5.32 Å². The molecule has 0 aromatic heterocycles. The number of rotatable bonds is 4. The quantitative estimate of drug-likeness (QED) is 0.861.